The number of hydrogen-bond donors (Lipinski definition) is 0. The van der Waals surface area contributed by atoms with E-state index >= 15 is 0 Å². The summed E-state index contributed by atoms with van der Waals surface area (Å²) in [6.07, 6.45) is 6.23. The molecule has 0 spiro atoms. The molecule has 2 aromatic rings. The molecule has 1 aromatic carbocycles. The quantitative estimate of drug-likeness (QED) is 0.674. The summed E-state index contributed by atoms with van der Waals surface area (Å²) in [6, 6.07) is 7.00. The van der Waals surface area contributed by atoms with E-state index < -0.39 is 10.0 Å². The highest BCUT2D eigenvalue weighted by atomic mass is 32.2. The lowest BCUT2D eigenvalue weighted by atomic mass is 9.98. The molecule has 0 bridgehead atoms. The summed E-state index contributed by atoms with van der Waals surface area (Å²) in [5.41, 5.74) is 2.36. The first-order chi connectivity index (χ1) is 14.8. The number of piperazine rings is 1. The summed E-state index contributed by atoms with van der Waals surface area (Å²) in [4.78, 5) is 28.8. The van der Waals surface area contributed by atoms with Crippen LogP contribution in [0.4, 0.5) is 5.69 Å². The van der Waals surface area contributed by atoms with Gasteiger partial charge >= 0.3 is 0 Å². The Hall–Kier alpha value is -2.91. The number of rotatable bonds is 4. The summed E-state index contributed by atoms with van der Waals surface area (Å²) in [5, 5.41) is 0. The number of hydrogen-bond acceptors (Lipinski definition) is 4. The van der Waals surface area contributed by atoms with Gasteiger partial charge in [-0.2, -0.15) is 4.31 Å². The predicted octanol–water partition coefficient (Wildman–Crippen LogP) is 1.64. The third-order valence-corrected chi connectivity index (χ3v) is 7.74. The summed E-state index contributed by atoms with van der Waals surface area (Å²) < 4.78 is 28.7. The molecule has 31 heavy (non-hydrogen) atoms. The maximum Gasteiger partial charge on any atom is 0.253 e. The minimum atomic E-state index is -3.55. The van der Waals surface area contributed by atoms with Crippen molar-refractivity contribution in [1.82, 2.24) is 13.8 Å². The first-order valence-corrected chi connectivity index (χ1v) is 11.7. The molecule has 3 heterocycles. The van der Waals surface area contributed by atoms with Gasteiger partial charge in [-0.25, -0.2) is 8.42 Å². The van der Waals surface area contributed by atoms with E-state index in [1.54, 1.807) is 45.9 Å². The van der Waals surface area contributed by atoms with E-state index in [1.807, 2.05) is 12.1 Å². The summed E-state index contributed by atoms with van der Waals surface area (Å²) in [7, 11) is -1.78. The number of fused-ring (bicyclic) bond motifs is 1. The van der Waals surface area contributed by atoms with Crippen LogP contribution in [0, 0.1) is 0 Å². The maximum absolute atomic E-state index is 13.0. The number of sulfonamides is 1. The highest BCUT2D eigenvalue weighted by Gasteiger charge is 2.31. The number of aromatic nitrogens is 1. The van der Waals surface area contributed by atoms with E-state index in [4.69, 9.17) is 0 Å². The minimum absolute atomic E-state index is 0.119. The average Bonchev–Trinajstić information content (AvgIpc) is 3.24. The lowest BCUT2D eigenvalue weighted by molar-refractivity contribution is -0.114. The van der Waals surface area contributed by atoms with Crippen LogP contribution in [0.5, 0.6) is 0 Å². The lowest BCUT2D eigenvalue weighted by Crippen LogP contribution is -2.50. The molecule has 8 nitrogen and oxygen atoms in total. The Balaban J connectivity index is 1.46. The van der Waals surface area contributed by atoms with Crippen LogP contribution in [-0.4, -0.2) is 66.7 Å². The zero-order chi connectivity index (χ0) is 22.2. The first kappa shape index (κ1) is 21.3. The second kappa shape index (κ2) is 8.32. The van der Waals surface area contributed by atoms with Gasteiger partial charge in [-0.15, -0.1) is 0 Å². The molecule has 2 aliphatic rings. The summed E-state index contributed by atoms with van der Waals surface area (Å²) in [5.74, 6) is -0.262. The van der Waals surface area contributed by atoms with Gasteiger partial charge in [-0.05, 0) is 48.7 Å². The third kappa shape index (κ3) is 4.03. The lowest BCUT2D eigenvalue weighted by Gasteiger charge is -2.34. The van der Waals surface area contributed by atoms with Crippen LogP contribution in [-0.2, 0) is 28.3 Å². The fourth-order valence-corrected chi connectivity index (χ4v) is 5.64. The Morgan fingerprint density at radius 3 is 2.45 bits per heavy atom. The molecular weight excluding hydrogens is 416 g/mol. The van der Waals surface area contributed by atoms with Gasteiger partial charge in [0.25, 0.3) is 5.91 Å². The molecular formula is C22H26N4O4S. The predicted molar refractivity (Wildman–Crippen MR) is 117 cm³/mol. The smallest absolute Gasteiger partial charge is 0.253 e. The molecule has 2 aliphatic heterocycles. The van der Waals surface area contributed by atoms with Crippen LogP contribution in [0.25, 0.3) is 0 Å². The van der Waals surface area contributed by atoms with Crippen molar-refractivity contribution in [3.05, 3.63) is 60.4 Å². The van der Waals surface area contributed by atoms with E-state index in [0.717, 1.165) is 24.1 Å². The van der Waals surface area contributed by atoms with Crippen LogP contribution in [0.15, 0.2) is 54.2 Å². The fourth-order valence-electron chi connectivity index (χ4n) is 4.16. The van der Waals surface area contributed by atoms with E-state index in [9.17, 15) is 18.0 Å². The van der Waals surface area contributed by atoms with Gasteiger partial charge in [-0.3, -0.25) is 9.59 Å². The Morgan fingerprint density at radius 2 is 1.81 bits per heavy atom. The molecule has 0 saturated carbocycles. The topological polar surface area (TPSA) is 82.9 Å². The highest BCUT2D eigenvalue weighted by molar-refractivity contribution is 7.89. The van der Waals surface area contributed by atoms with E-state index in [2.05, 4.69) is 6.58 Å². The summed E-state index contributed by atoms with van der Waals surface area (Å²) in [6.45, 7) is 5.39. The standard InChI is InChI=1S/C22H26N4O4S/c1-3-21(27)26-9-4-5-17-15-18(6-7-20(17)26)22(28)24-11-13-25(14-12-24)31(29,30)19-8-10-23(2)16-19/h3,6-8,10,15-16H,1,4-5,9,11-14H2,2H3. The van der Waals surface area contributed by atoms with Gasteiger partial charge in [0.2, 0.25) is 15.9 Å². The van der Waals surface area contributed by atoms with Crippen molar-refractivity contribution in [1.29, 1.82) is 0 Å². The molecule has 164 valence electrons. The number of benzene rings is 1. The van der Waals surface area contributed by atoms with Crippen LogP contribution >= 0.6 is 0 Å². The monoisotopic (exact) mass is 442 g/mol. The van der Waals surface area contributed by atoms with Crippen LogP contribution in [0.2, 0.25) is 0 Å². The normalized spacial score (nSPS) is 17.3. The van der Waals surface area contributed by atoms with Gasteiger partial charge in [0.15, 0.2) is 0 Å². The van der Waals surface area contributed by atoms with Crippen LogP contribution in [0.3, 0.4) is 0 Å². The van der Waals surface area contributed by atoms with Crippen LogP contribution in [0.1, 0.15) is 22.3 Å². The van der Waals surface area contributed by atoms with Crippen LogP contribution < -0.4 is 4.90 Å². The van der Waals surface area contributed by atoms with Gasteiger partial charge in [0.1, 0.15) is 0 Å². The van der Waals surface area contributed by atoms with Gasteiger partial charge in [0, 0.05) is 63.4 Å². The van der Waals surface area contributed by atoms with E-state index in [-0.39, 0.29) is 29.8 Å². The van der Waals surface area contributed by atoms with Gasteiger partial charge < -0.3 is 14.4 Å². The molecule has 1 fully saturated rings. The van der Waals surface area contributed by atoms with Crippen molar-refractivity contribution in [3.63, 3.8) is 0 Å². The number of amides is 2. The fraction of sp³-hybridized carbons (Fsp3) is 0.364. The second-order valence-electron chi connectivity index (χ2n) is 7.85. The second-order valence-corrected chi connectivity index (χ2v) is 9.79. The Kier molecular flexibility index (Phi) is 5.72. The molecule has 1 saturated heterocycles. The van der Waals surface area contributed by atoms with Crippen molar-refractivity contribution in [2.75, 3.05) is 37.6 Å². The Labute approximate surface area is 182 Å². The van der Waals surface area contributed by atoms with Gasteiger partial charge in [-0.1, -0.05) is 6.58 Å². The summed E-state index contributed by atoms with van der Waals surface area (Å²) >= 11 is 0. The number of aryl methyl sites for hydroxylation is 2. The molecule has 1 aromatic heterocycles. The first-order valence-electron chi connectivity index (χ1n) is 10.3. The average molecular weight is 443 g/mol. The molecule has 0 aliphatic carbocycles. The highest BCUT2D eigenvalue weighted by Crippen LogP contribution is 2.29. The molecule has 2 amide bonds. The van der Waals surface area contributed by atoms with E-state index in [1.165, 1.54) is 10.4 Å². The molecule has 0 unspecified atom stereocenters. The van der Waals surface area contributed by atoms with E-state index in [0.29, 0.717) is 25.2 Å². The Bertz CT molecular complexity index is 1130. The van der Waals surface area contributed by atoms with Crippen molar-refractivity contribution in [2.45, 2.75) is 17.7 Å². The minimum Gasteiger partial charge on any atom is -0.356 e. The molecule has 0 radical (unpaired) electrons. The third-order valence-electron chi connectivity index (χ3n) is 5.85. The van der Waals surface area contributed by atoms with Gasteiger partial charge in [0.05, 0.1) is 4.90 Å². The van der Waals surface area contributed by atoms with Crippen molar-refractivity contribution in [2.24, 2.45) is 7.05 Å². The largest absolute Gasteiger partial charge is 0.356 e. The number of carbonyl (C=O) groups excluding carboxylic acids is 2. The molecule has 0 atom stereocenters. The molecule has 9 heteroatoms. The number of anilines is 1. The van der Waals surface area contributed by atoms with Crippen molar-refractivity contribution < 1.29 is 18.0 Å². The molecule has 0 N–H and O–H groups in total. The Morgan fingerprint density at radius 1 is 1.06 bits per heavy atom. The zero-order valence-electron chi connectivity index (χ0n) is 17.5. The number of carbonyl (C=O) groups is 2. The van der Waals surface area contributed by atoms with Crippen molar-refractivity contribution in [3.8, 4) is 0 Å². The SMILES string of the molecule is C=CC(=O)N1CCCc2cc(C(=O)N3CCN(S(=O)(=O)c4ccn(C)c4)CC3)ccc21. The maximum atomic E-state index is 13.0. The number of nitrogens with zero attached hydrogens (tertiary/aromatic N) is 4. The molecule has 4 rings (SSSR count). The zero-order valence-corrected chi connectivity index (χ0v) is 18.3. The van der Waals surface area contributed by atoms with Crippen molar-refractivity contribution >= 4 is 27.5 Å².